The van der Waals surface area contributed by atoms with E-state index in [0.717, 1.165) is 30.3 Å². The van der Waals surface area contributed by atoms with Gasteiger partial charge in [-0.3, -0.25) is 4.79 Å². The lowest BCUT2D eigenvalue weighted by Gasteiger charge is -2.36. The fraction of sp³-hybridized carbons (Fsp3) is 0.389. The number of rotatable bonds is 5. The number of hydrogen-bond donors (Lipinski definition) is 0. The van der Waals surface area contributed by atoms with Crippen molar-refractivity contribution in [2.45, 2.75) is 12.1 Å². The minimum Gasteiger partial charge on any atom is -0.495 e. The lowest BCUT2D eigenvalue weighted by Crippen LogP contribution is -2.49. The summed E-state index contributed by atoms with van der Waals surface area (Å²) in [5.74, 6) is 1.54. The second-order valence-electron chi connectivity index (χ2n) is 5.73. The van der Waals surface area contributed by atoms with Gasteiger partial charge in [0.05, 0.1) is 24.0 Å². The Hall–Kier alpha value is -1.99. The zero-order valence-electron chi connectivity index (χ0n) is 14.8. The summed E-state index contributed by atoms with van der Waals surface area (Å²) in [5, 5.41) is 0.871. The summed E-state index contributed by atoms with van der Waals surface area (Å²) in [4.78, 5) is 25.3. The predicted molar refractivity (Wildman–Crippen MR) is 105 cm³/mol. The molecule has 6 nitrogen and oxygen atoms in total. The molecule has 0 spiro atoms. The Morgan fingerprint density at radius 3 is 2.69 bits per heavy atom. The number of benzene rings is 1. The van der Waals surface area contributed by atoms with Crippen LogP contribution in [0.4, 0.5) is 5.69 Å². The van der Waals surface area contributed by atoms with Crippen LogP contribution in [0.25, 0.3) is 0 Å². The molecule has 1 aliphatic heterocycles. The number of anilines is 1. The van der Waals surface area contributed by atoms with Gasteiger partial charge in [-0.2, -0.15) is 0 Å². The van der Waals surface area contributed by atoms with Gasteiger partial charge < -0.3 is 14.5 Å². The molecule has 0 bridgehead atoms. The number of thioether (sulfide) groups is 1. The molecule has 8 heteroatoms. The normalized spacial score (nSPS) is 14.4. The van der Waals surface area contributed by atoms with Crippen LogP contribution in [0, 0.1) is 0 Å². The van der Waals surface area contributed by atoms with Gasteiger partial charge in [0.1, 0.15) is 5.75 Å². The first-order valence-electron chi connectivity index (χ1n) is 8.46. The monoisotopic (exact) mass is 392 g/mol. The van der Waals surface area contributed by atoms with Gasteiger partial charge in [-0.15, -0.1) is 0 Å². The van der Waals surface area contributed by atoms with Crippen molar-refractivity contribution in [3.05, 3.63) is 41.2 Å². The van der Waals surface area contributed by atoms with Gasteiger partial charge in [0.15, 0.2) is 10.9 Å². The van der Waals surface area contributed by atoms with Crippen LogP contribution in [0.15, 0.2) is 35.6 Å². The van der Waals surface area contributed by atoms with Gasteiger partial charge in [-0.1, -0.05) is 42.4 Å². The minimum atomic E-state index is -0.143. The Morgan fingerprint density at radius 1 is 1.27 bits per heavy atom. The lowest BCUT2D eigenvalue weighted by atomic mass is 10.2. The smallest absolute Gasteiger partial charge is 0.274 e. The van der Waals surface area contributed by atoms with Gasteiger partial charge in [0.25, 0.3) is 5.91 Å². The van der Waals surface area contributed by atoms with Gasteiger partial charge >= 0.3 is 0 Å². The second kappa shape index (κ2) is 8.60. The summed E-state index contributed by atoms with van der Waals surface area (Å²) >= 11 is 7.66. The molecule has 0 radical (unpaired) electrons. The second-order valence-corrected chi connectivity index (χ2v) is 7.37. The highest BCUT2D eigenvalue weighted by molar-refractivity contribution is 7.99. The summed E-state index contributed by atoms with van der Waals surface area (Å²) in [6.45, 7) is 4.68. The average Bonchev–Trinajstić information content (AvgIpc) is 2.69. The Kier molecular flexibility index (Phi) is 6.21. The number of methoxy groups -OCH3 is 1. The van der Waals surface area contributed by atoms with E-state index in [-0.39, 0.29) is 11.6 Å². The third-order valence-corrected chi connectivity index (χ3v) is 5.21. The first-order chi connectivity index (χ1) is 12.6. The molecule has 0 aliphatic carbocycles. The van der Waals surface area contributed by atoms with E-state index in [1.807, 2.05) is 31.2 Å². The van der Waals surface area contributed by atoms with Crippen LogP contribution in [0.1, 0.15) is 17.4 Å². The Morgan fingerprint density at radius 2 is 2.00 bits per heavy atom. The molecule has 2 aromatic rings. The van der Waals surface area contributed by atoms with Crippen molar-refractivity contribution in [1.82, 2.24) is 14.9 Å². The van der Waals surface area contributed by atoms with Gasteiger partial charge in [0.2, 0.25) is 0 Å². The Balaban J connectivity index is 1.70. The molecule has 3 rings (SSSR count). The fourth-order valence-electron chi connectivity index (χ4n) is 2.89. The van der Waals surface area contributed by atoms with E-state index in [2.05, 4.69) is 14.9 Å². The quantitative estimate of drug-likeness (QED) is 0.575. The summed E-state index contributed by atoms with van der Waals surface area (Å²) < 4.78 is 5.44. The number of amides is 1. The average molecular weight is 393 g/mol. The van der Waals surface area contributed by atoms with Crippen molar-refractivity contribution >= 4 is 35.0 Å². The van der Waals surface area contributed by atoms with Crippen LogP contribution in [-0.4, -0.2) is 59.8 Å². The van der Waals surface area contributed by atoms with Crippen molar-refractivity contribution in [1.29, 1.82) is 0 Å². The number of para-hydroxylation sites is 2. The molecule has 1 saturated heterocycles. The highest BCUT2D eigenvalue weighted by Crippen LogP contribution is 2.28. The molecule has 2 heterocycles. The molecule has 1 amide bonds. The molecule has 1 fully saturated rings. The van der Waals surface area contributed by atoms with Crippen molar-refractivity contribution in [2.24, 2.45) is 0 Å². The SMILES string of the molecule is CCSc1ncc(Cl)c(C(=O)N2CCN(c3ccccc3OC)CC2)n1. The predicted octanol–water partition coefficient (Wildman–Crippen LogP) is 3.21. The van der Waals surface area contributed by atoms with Crippen LogP contribution < -0.4 is 9.64 Å². The molecule has 1 aromatic heterocycles. The van der Waals surface area contributed by atoms with Crippen LogP contribution in [0.2, 0.25) is 5.02 Å². The third-order valence-electron chi connectivity index (χ3n) is 4.19. The molecule has 138 valence electrons. The number of halogens is 1. The molecular weight excluding hydrogens is 372 g/mol. The third kappa shape index (κ3) is 4.04. The maximum absolute atomic E-state index is 12.8. The number of carbonyl (C=O) groups is 1. The number of ether oxygens (including phenoxy) is 1. The largest absolute Gasteiger partial charge is 0.495 e. The van der Waals surface area contributed by atoms with Gasteiger partial charge in [0, 0.05) is 26.2 Å². The number of aromatic nitrogens is 2. The van der Waals surface area contributed by atoms with Crippen molar-refractivity contribution in [3.63, 3.8) is 0 Å². The van der Waals surface area contributed by atoms with E-state index in [0.29, 0.717) is 23.3 Å². The minimum absolute atomic E-state index is 0.143. The zero-order chi connectivity index (χ0) is 18.5. The van der Waals surface area contributed by atoms with E-state index >= 15 is 0 Å². The molecule has 0 saturated carbocycles. The number of piperazine rings is 1. The van der Waals surface area contributed by atoms with Crippen molar-refractivity contribution < 1.29 is 9.53 Å². The van der Waals surface area contributed by atoms with Gasteiger partial charge in [-0.25, -0.2) is 9.97 Å². The molecule has 1 aliphatic rings. The van der Waals surface area contributed by atoms with E-state index in [4.69, 9.17) is 16.3 Å². The maximum atomic E-state index is 12.8. The standard InChI is InChI=1S/C18H21ClN4O2S/c1-3-26-18-20-12-13(19)16(21-18)17(24)23-10-8-22(9-11-23)14-6-4-5-7-15(14)25-2/h4-7,12H,3,8-11H2,1-2H3. The zero-order valence-corrected chi connectivity index (χ0v) is 16.4. The highest BCUT2D eigenvalue weighted by atomic mass is 35.5. The first kappa shape index (κ1) is 18.8. The van der Waals surface area contributed by atoms with Crippen molar-refractivity contribution in [3.8, 4) is 5.75 Å². The summed E-state index contributed by atoms with van der Waals surface area (Å²) in [6.07, 6.45) is 1.50. The van der Waals surface area contributed by atoms with Crippen LogP contribution in [0.5, 0.6) is 5.75 Å². The summed E-state index contributed by atoms with van der Waals surface area (Å²) in [5.41, 5.74) is 1.33. The molecule has 0 N–H and O–H groups in total. The van der Waals surface area contributed by atoms with Gasteiger partial charge in [-0.05, 0) is 17.9 Å². The molecule has 26 heavy (non-hydrogen) atoms. The first-order valence-corrected chi connectivity index (χ1v) is 9.83. The van der Waals surface area contributed by atoms with Crippen LogP contribution in [-0.2, 0) is 0 Å². The highest BCUT2D eigenvalue weighted by Gasteiger charge is 2.26. The Labute approximate surface area is 162 Å². The topological polar surface area (TPSA) is 58.6 Å². The fourth-order valence-corrected chi connectivity index (χ4v) is 3.60. The number of nitrogens with zero attached hydrogens (tertiary/aromatic N) is 4. The van der Waals surface area contributed by atoms with Crippen molar-refractivity contribution in [2.75, 3.05) is 43.9 Å². The molecule has 0 unspecified atom stereocenters. The number of carbonyl (C=O) groups excluding carboxylic acids is 1. The van der Waals surface area contributed by atoms with E-state index in [1.54, 1.807) is 12.0 Å². The number of hydrogen-bond acceptors (Lipinski definition) is 6. The van der Waals surface area contributed by atoms with Crippen LogP contribution >= 0.6 is 23.4 Å². The molecule has 1 aromatic carbocycles. The van der Waals surface area contributed by atoms with E-state index in [9.17, 15) is 4.79 Å². The summed E-state index contributed by atoms with van der Waals surface area (Å²) in [6, 6.07) is 7.92. The Bertz CT molecular complexity index is 782. The molecule has 0 atom stereocenters. The lowest BCUT2D eigenvalue weighted by molar-refractivity contribution is 0.0740. The van der Waals surface area contributed by atoms with Crippen LogP contribution in [0.3, 0.4) is 0 Å². The summed E-state index contributed by atoms with van der Waals surface area (Å²) in [7, 11) is 1.67. The van der Waals surface area contributed by atoms with E-state index in [1.165, 1.54) is 18.0 Å². The maximum Gasteiger partial charge on any atom is 0.274 e. The van der Waals surface area contributed by atoms with E-state index < -0.39 is 0 Å². The molecular formula is C18H21ClN4O2S.